The van der Waals surface area contributed by atoms with E-state index in [0.717, 1.165) is 55.2 Å². The first-order valence-electron chi connectivity index (χ1n) is 14.6. The van der Waals surface area contributed by atoms with Gasteiger partial charge in [0.05, 0.1) is 7.11 Å². The number of hydrogen-bond acceptors (Lipinski definition) is 5. The fraction of sp³-hybridized carbons (Fsp3) is 0.625. The van der Waals surface area contributed by atoms with Gasteiger partial charge < -0.3 is 14.2 Å². The summed E-state index contributed by atoms with van der Waals surface area (Å²) < 4.78 is 33.3. The number of nitrogens with zero attached hydrogens (tertiary/aromatic N) is 1. The Morgan fingerprint density at radius 2 is 1.92 bits per heavy atom. The van der Waals surface area contributed by atoms with E-state index in [1.807, 2.05) is 25.3 Å². The third-order valence-electron chi connectivity index (χ3n) is 11.6. The van der Waals surface area contributed by atoms with E-state index in [1.165, 1.54) is 36.9 Å². The van der Waals surface area contributed by atoms with Gasteiger partial charge in [0.25, 0.3) is 0 Å². The van der Waals surface area contributed by atoms with Gasteiger partial charge in [-0.1, -0.05) is 36.4 Å². The molecule has 0 N–H and O–H groups in total. The molecule has 4 saturated carbocycles. The zero-order chi connectivity index (χ0) is 25.7. The van der Waals surface area contributed by atoms with E-state index in [2.05, 4.69) is 29.2 Å². The number of methoxy groups -OCH3 is 2. The second-order valence-electron chi connectivity index (χ2n) is 13.0. The molecule has 202 valence electrons. The van der Waals surface area contributed by atoms with Gasteiger partial charge in [0.1, 0.15) is 11.7 Å². The number of benzene rings is 2. The predicted molar refractivity (Wildman–Crippen MR) is 148 cm³/mol. The van der Waals surface area contributed by atoms with Crippen LogP contribution in [0.4, 0.5) is 0 Å². The molecule has 5 nitrogen and oxygen atoms in total. The van der Waals surface area contributed by atoms with Crippen molar-refractivity contribution < 1.29 is 18.4 Å². The molecule has 2 aliphatic heterocycles. The summed E-state index contributed by atoms with van der Waals surface area (Å²) in [5.41, 5.74) is 3.72. The van der Waals surface area contributed by atoms with Crippen molar-refractivity contribution in [2.45, 2.75) is 73.9 Å². The van der Waals surface area contributed by atoms with Crippen molar-refractivity contribution in [3.63, 3.8) is 0 Å². The second-order valence-corrected chi connectivity index (χ2v) is 14.5. The van der Waals surface area contributed by atoms with E-state index >= 15 is 0 Å². The van der Waals surface area contributed by atoms with Gasteiger partial charge >= 0.3 is 0 Å². The molecule has 2 heterocycles. The first-order valence-corrected chi connectivity index (χ1v) is 16.1. The Morgan fingerprint density at radius 3 is 2.68 bits per heavy atom. The van der Waals surface area contributed by atoms with Gasteiger partial charge in [0.15, 0.2) is 11.5 Å². The van der Waals surface area contributed by atoms with E-state index in [9.17, 15) is 4.21 Å². The average Bonchev–Trinajstić information content (AvgIpc) is 3.67. The topological polar surface area (TPSA) is 48.0 Å². The molecule has 2 aromatic carbocycles. The van der Waals surface area contributed by atoms with Crippen LogP contribution in [0.15, 0.2) is 42.5 Å². The molecule has 9 rings (SSSR count). The molecule has 38 heavy (non-hydrogen) atoms. The van der Waals surface area contributed by atoms with Crippen molar-refractivity contribution in [2.24, 2.45) is 17.3 Å². The van der Waals surface area contributed by atoms with Crippen molar-refractivity contribution in [3.8, 4) is 11.5 Å². The first-order chi connectivity index (χ1) is 18.5. The normalized spacial score (nSPS) is 38.9. The lowest BCUT2D eigenvalue weighted by Gasteiger charge is -2.74. The predicted octanol–water partition coefficient (Wildman–Crippen LogP) is 4.87. The fourth-order valence-electron chi connectivity index (χ4n) is 9.94. The molecule has 2 spiro atoms. The minimum atomic E-state index is -0.957. The highest BCUT2D eigenvalue weighted by Crippen LogP contribution is 2.76. The van der Waals surface area contributed by atoms with Gasteiger partial charge in [-0.3, -0.25) is 9.11 Å². The number of hydrogen-bond donors (Lipinski definition) is 0. The van der Waals surface area contributed by atoms with Crippen molar-refractivity contribution in [2.75, 3.05) is 33.1 Å². The number of likely N-dealkylation sites (tertiary alicyclic amines) is 1. The highest BCUT2D eigenvalue weighted by atomic mass is 32.2. The van der Waals surface area contributed by atoms with Crippen LogP contribution in [0.1, 0.15) is 55.2 Å². The van der Waals surface area contributed by atoms with E-state index in [4.69, 9.17) is 14.2 Å². The maximum atomic E-state index is 13.7. The molecule has 7 atom stereocenters. The summed E-state index contributed by atoms with van der Waals surface area (Å²) in [4.78, 5) is 2.87. The highest BCUT2D eigenvalue weighted by molar-refractivity contribution is 7.84. The van der Waals surface area contributed by atoms with Crippen molar-refractivity contribution >= 4 is 10.8 Å². The summed E-state index contributed by atoms with van der Waals surface area (Å²) in [7, 11) is 2.69. The zero-order valence-corrected chi connectivity index (χ0v) is 23.4. The molecular weight excluding hydrogens is 494 g/mol. The Morgan fingerprint density at radius 1 is 1.08 bits per heavy atom. The largest absolute Gasteiger partial charge is 0.493 e. The molecule has 5 aliphatic carbocycles. The molecule has 0 aromatic heterocycles. The maximum absolute atomic E-state index is 13.7. The first kappa shape index (κ1) is 24.0. The molecular formula is C32H39NO4S. The minimum Gasteiger partial charge on any atom is -0.493 e. The molecule has 7 aliphatic rings. The smallest absolute Gasteiger partial charge is 0.165 e. The van der Waals surface area contributed by atoms with Gasteiger partial charge in [0, 0.05) is 64.3 Å². The van der Waals surface area contributed by atoms with Gasteiger partial charge in [-0.05, 0) is 74.6 Å². The SMILES string of the molecule is COc1ccc2c3c1O[C@H]1C4(OC)CCC5(C[C@@H]4CS(=O)Cc4ccccc4)[C@@H](C2)N(CC2CC2)CCC315. The third-order valence-corrected chi connectivity index (χ3v) is 13.0. The van der Waals surface area contributed by atoms with Crippen LogP contribution in [0, 0.1) is 17.3 Å². The van der Waals surface area contributed by atoms with E-state index in [0.29, 0.717) is 17.5 Å². The monoisotopic (exact) mass is 533 g/mol. The standard InChI is InChI=1S/C32H39NO4S/c1-35-25-11-10-23-16-26-30-12-13-32(36-2,24(17-30)20-38(34)19-22-6-4-3-5-7-22)29-31(30,27(23)28(25)37-29)14-15-33(26)18-21-8-9-21/h3-7,10-11,21,24,26,29H,8-9,12-20H2,1-2H3/t24-,26-,29-,30?,31?,32?,38?/m1/s1. The summed E-state index contributed by atoms with van der Waals surface area (Å²) in [6.07, 6.45) is 8.20. The van der Waals surface area contributed by atoms with E-state index in [-0.39, 0.29) is 22.9 Å². The minimum absolute atomic E-state index is 0.0408. The van der Waals surface area contributed by atoms with Crippen molar-refractivity contribution in [3.05, 3.63) is 59.2 Å². The van der Waals surface area contributed by atoms with Gasteiger partial charge in [-0.25, -0.2) is 0 Å². The maximum Gasteiger partial charge on any atom is 0.165 e. The molecule has 1 saturated heterocycles. The molecule has 0 radical (unpaired) electrons. The van der Waals surface area contributed by atoms with Crippen LogP contribution >= 0.6 is 0 Å². The van der Waals surface area contributed by atoms with Crippen LogP contribution in [0.3, 0.4) is 0 Å². The van der Waals surface area contributed by atoms with Gasteiger partial charge in [0.2, 0.25) is 0 Å². The Bertz CT molecular complexity index is 1300. The highest BCUT2D eigenvalue weighted by Gasteiger charge is 2.80. The quantitative estimate of drug-likeness (QED) is 0.485. The van der Waals surface area contributed by atoms with Crippen LogP contribution in [0.2, 0.25) is 0 Å². The van der Waals surface area contributed by atoms with Gasteiger partial charge in [-0.2, -0.15) is 0 Å². The Labute approximate surface area is 228 Å². The lowest BCUT2D eigenvalue weighted by molar-refractivity contribution is -0.273. The summed E-state index contributed by atoms with van der Waals surface area (Å²) in [6, 6.07) is 15.3. The summed E-state index contributed by atoms with van der Waals surface area (Å²) in [6.45, 7) is 2.38. The van der Waals surface area contributed by atoms with Crippen molar-refractivity contribution in [1.82, 2.24) is 4.90 Å². The van der Waals surface area contributed by atoms with Crippen LogP contribution in [-0.4, -0.2) is 59.9 Å². The van der Waals surface area contributed by atoms with E-state index in [1.54, 1.807) is 7.11 Å². The molecule has 4 bridgehead atoms. The summed E-state index contributed by atoms with van der Waals surface area (Å²) >= 11 is 0. The number of piperidine rings is 1. The molecule has 0 amide bonds. The second kappa shape index (κ2) is 8.31. The summed E-state index contributed by atoms with van der Waals surface area (Å²) in [5, 5.41) is 0. The van der Waals surface area contributed by atoms with Crippen molar-refractivity contribution in [1.29, 1.82) is 0 Å². The average molecular weight is 534 g/mol. The molecule has 5 fully saturated rings. The third kappa shape index (κ3) is 2.98. The Kier molecular flexibility index (Phi) is 5.24. The molecule has 4 unspecified atom stereocenters. The van der Waals surface area contributed by atoms with Crippen LogP contribution in [0.5, 0.6) is 11.5 Å². The van der Waals surface area contributed by atoms with Crippen LogP contribution in [0.25, 0.3) is 0 Å². The number of rotatable bonds is 8. The lowest BCUT2D eigenvalue weighted by atomic mass is 9.35. The molecule has 6 heteroatoms. The van der Waals surface area contributed by atoms with Crippen LogP contribution in [-0.2, 0) is 33.1 Å². The number of fused-ring (bicyclic) bond motifs is 2. The zero-order valence-electron chi connectivity index (χ0n) is 22.6. The fourth-order valence-corrected chi connectivity index (χ4v) is 11.5. The lowest BCUT2D eigenvalue weighted by Crippen LogP contribution is -2.81. The number of ether oxygens (including phenoxy) is 3. The van der Waals surface area contributed by atoms with E-state index < -0.39 is 16.4 Å². The van der Waals surface area contributed by atoms with Gasteiger partial charge in [-0.15, -0.1) is 0 Å². The Balaban J connectivity index is 1.24. The van der Waals surface area contributed by atoms with Crippen LogP contribution < -0.4 is 9.47 Å². The summed E-state index contributed by atoms with van der Waals surface area (Å²) in [5.74, 6) is 4.21. The molecule has 2 aromatic rings. The Hall–Kier alpha value is -1.89.